The highest BCUT2D eigenvalue weighted by molar-refractivity contribution is 6.31. The van der Waals surface area contributed by atoms with E-state index in [1.54, 1.807) is 18.2 Å². The average molecular weight is 242 g/mol. The van der Waals surface area contributed by atoms with Gasteiger partial charge in [-0.25, -0.2) is 0 Å². The number of hydrogen-bond donors (Lipinski definition) is 2. The molecule has 5 nitrogen and oxygen atoms in total. The Kier molecular flexibility index (Phi) is 4.58. The molecule has 6 heteroatoms. The molecule has 2 atom stereocenters. The van der Waals surface area contributed by atoms with Gasteiger partial charge < -0.3 is 10.2 Å². The van der Waals surface area contributed by atoms with Gasteiger partial charge >= 0.3 is 0 Å². The van der Waals surface area contributed by atoms with Gasteiger partial charge in [0, 0.05) is 15.5 Å². The highest BCUT2D eigenvalue weighted by Gasteiger charge is 2.19. The molecule has 1 rings (SSSR count). The molecular weight excluding hydrogens is 230 g/mol. The minimum absolute atomic E-state index is 0.193. The van der Waals surface area contributed by atoms with Gasteiger partial charge in [-0.3, -0.25) is 0 Å². The van der Waals surface area contributed by atoms with E-state index < -0.39 is 12.2 Å². The van der Waals surface area contributed by atoms with Gasteiger partial charge in [0.05, 0.1) is 12.6 Å². The summed E-state index contributed by atoms with van der Waals surface area (Å²) in [5, 5.41) is 22.9. The van der Waals surface area contributed by atoms with Gasteiger partial charge in [-0.05, 0) is 24.1 Å². The van der Waals surface area contributed by atoms with Crippen LogP contribution in [0.25, 0.3) is 10.4 Å². The summed E-state index contributed by atoms with van der Waals surface area (Å²) in [5.74, 6) is 0. The summed E-state index contributed by atoms with van der Waals surface area (Å²) < 4.78 is 0. The predicted octanol–water partition coefficient (Wildman–Crippen LogP) is 2.35. The van der Waals surface area contributed by atoms with E-state index in [1.807, 2.05) is 6.92 Å². The largest absolute Gasteiger partial charge is 0.390 e. The maximum atomic E-state index is 9.77. The molecule has 0 heterocycles. The molecule has 1 aromatic rings. The smallest absolute Gasteiger partial charge is 0.106 e. The second-order valence-corrected chi connectivity index (χ2v) is 3.86. The van der Waals surface area contributed by atoms with Crippen molar-refractivity contribution < 1.29 is 10.2 Å². The number of benzene rings is 1. The first kappa shape index (κ1) is 12.8. The molecule has 0 saturated heterocycles. The highest BCUT2D eigenvalue weighted by Crippen LogP contribution is 2.26. The van der Waals surface area contributed by atoms with Crippen molar-refractivity contribution in [3.63, 3.8) is 0 Å². The van der Waals surface area contributed by atoms with Crippen LogP contribution in [0.1, 0.15) is 17.2 Å². The van der Waals surface area contributed by atoms with Crippen molar-refractivity contribution in [1.29, 1.82) is 0 Å². The van der Waals surface area contributed by atoms with E-state index in [1.165, 1.54) is 0 Å². The van der Waals surface area contributed by atoms with Gasteiger partial charge in [-0.2, -0.15) is 0 Å². The maximum Gasteiger partial charge on any atom is 0.106 e. The zero-order chi connectivity index (χ0) is 12.1. The van der Waals surface area contributed by atoms with Gasteiger partial charge in [0.25, 0.3) is 0 Å². The van der Waals surface area contributed by atoms with Crippen LogP contribution in [0, 0.1) is 6.92 Å². The summed E-state index contributed by atoms with van der Waals surface area (Å²) in [6.07, 6.45) is -2.31. The zero-order valence-corrected chi connectivity index (χ0v) is 9.46. The third kappa shape index (κ3) is 3.12. The van der Waals surface area contributed by atoms with Crippen LogP contribution >= 0.6 is 11.6 Å². The van der Waals surface area contributed by atoms with Gasteiger partial charge in [0.1, 0.15) is 6.10 Å². The minimum atomic E-state index is -1.16. The molecule has 0 fully saturated rings. The summed E-state index contributed by atoms with van der Waals surface area (Å²) in [7, 11) is 0. The molecule has 2 N–H and O–H groups in total. The van der Waals surface area contributed by atoms with Crippen molar-refractivity contribution in [3.05, 3.63) is 44.8 Å². The third-order valence-corrected chi connectivity index (χ3v) is 2.50. The normalized spacial score (nSPS) is 14.0. The second-order valence-electron chi connectivity index (χ2n) is 3.45. The number of rotatable bonds is 4. The molecular formula is C10H12ClN3O2. The average Bonchev–Trinajstić information content (AvgIpc) is 2.25. The molecule has 0 aliphatic rings. The molecule has 0 radical (unpaired) electrons. The Labute approximate surface area is 97.9 Å². The number of hydrogen-bond acceptors (Lipinski definition) is 3. The quantitative estimate of drug-likeness (QED) is 0.481. The number of halogens is 1. The highest BCUT2D eigenvalue weighted by atomic mass is 35.5. The molecule has 0 aliphatic heterocycles. The molecule has 1 aromatic carbocycles. The van der Waals surface area contributed by atoms with E-state index in [4.69, 9.17) is 17.1 Å². The number of nitrogens with zero attached hydrogens (tertiary/aromatic N) is 3. The lowest BCUT2D eigenvalue weighted by Crippen LogP contribution is -2.21. The topological polar surface area (TPSA) is 89.2 Å². The van der Waals surface area contributed by atoms with Gasteiger partial charge in [0.2, 0.25) is 0 Å². The van der Waals surface area contributed by atoms with E-state index in [0.29, 0.717) is 10.6 Å². The number of azide groups is 1. The summed E-state index contributed by atoms with van der Waals surface area (Å²) in [6.45, 7) is 1.68. The van der Waals surface area contributed by atoms with E-state index in [9.17, 15) is 10.2 Å². The Morgan fingerprint density at radius 2 is 2.19 bits per heavy atom. The molecule has 0 bridgehead atoms. The van der Waals surface area contributed by atoms with Crippen molar-refractivity contribution >= 4 is 11.6 Å². The Bertz CT molecular complexity index is 419. The van der Waals surface area contributed by atoms with Crippen LogP contribution in [0.4, 0.5) is 0 Å². The Hall–Kier alpha value is -1.26. The first-order chi connectivity index (χ1) is 7.56. The fourth-order valence-electron chi connectivity index (χ4n) is 1.30. The lowest BCUT2D eigenvalue weighted by molar-refractivity contribution is 0.0244. The van der Waals surface area contributed by atoms with Crippen LogP contribution in [-0.2, 0) is 0 Å². The second kappa shape index (κ2) is 5.72. The van der Waals surface area contributed by atoms with Gasteiger partial charge in [0.15, 0.2) is 0 Å². The Morgan fingerprint density at radius 1 is 1.50 bits per heavy atom. The summed E-state index contributed by atoms with van der Waals surface area (Å²) >= 11 is 5.93. The summed E-state index contributed by atoms with van der Waals surface area (Å²) in [5.41, 5.74) is 9.49. The first-order valence-corrected chi connectivity index (χ1v) is 5.07. The van der Waals surface area contributed by atoms with E-state index in [0.717, 1.165) is 5.56 Å². The van der Waals surface area contributed by atoms with Crippen LogP contribution < -0.4 is 0 Å². The van der Waals surface area contributed by atoms with Crippen LogP contribution in [0.5, 0.6) is 0 Å². The Balaban J connectivity index is 2.86. The fraction of sp³-hybridized carbons (Fsp3) is 0.400. The fourth-order valence-corrected chi connectivity index (χ4v) is 1.65. The van der Waals surface area contributed by atoms with Crippen molar-refractivity contribution in [2.75, 3.05) is 6.54 Å². The third-order valence-electron chi connectivity index (χ3n) is 2.17. The first-order valence-electron chi connectivity index (χ1n) is 4.69. The van der Waals surface area contributed by atoms with Crippen LogP contribution in [0.3, 0.4) is 0 Å². The standard InChI is InChI=1S/C10H12ClN3O2/c1-6-2-3-7(8(11)4-6)10(16)9(15)5-13-14-12/h2-4,9-10,15-16H,5H2,1H3. The zero-order valence-electron chi connectivity index (χ0n) is 8.71. The van der Waals surface area contributed by atoms with Crippen molar-refractivity contribution in [1.82, 2.24) is 0 Å². The SMILES string of the molecule is Cc1ccc(C(O)C(O)CN=[N+]=[N-])c(Cl)c1. The molecule has 0 spiro atoms. The van der Waals surface area contributed by atoms with Crippen LogP contribution in [-0.4, -0.2) is 22.9 Å². The van der Waals surface area contributed by atoms with Gasteiger partial charge in [-0.1, -0.05) is 28.8 Å². The molecule has 0 aliphatic carbocycles. The van der Waals surface area contributed by atoms with E-state index in [-0.39, 0.29) is 6.54 Å². The molecule has 2 unspecified atom stereocenters. The van der Waals surface area contributed by atoms with Crippen LogP contribution in [0.2, 0.25) is 5.02 Å². The van der Waals surface area contributed by atoms with Crippen LogP contribution in [0.15, 0.2) is 23.3 Å². The molecule has 0 aromatic heterocycles. The number of aryl methyl sites for hydroxylation is 1. The monoisotopic (exact) mass is 241 g/mol. The van der Waals surface area contributed by atoms with E-state index >= 15 is 0 Å². The van der Waals surface area contributed by atoms with Crippen molar-refractivity contribution in [2.45, 2.75) is 19.1 Å². The van der Waals surface area contributed by atoms with Crippen molar-refractivity contribution in [3.8, 4) is 0 Å². The number of aliphatic hydroxyl groups excluding tert-OH is 2. The lowest BCUT2D eigenvalue weighted by atomic mass is 10.0. The number of aliphatic hydroxyl groups is 2. The van der Waals surface area contributed by atoms with Crippen molar-refractivity contribution in [2.24, 2.45) is 5.11 Å². The molecule has 0 amide bonds. The maximum absolute atomic E-state index is 9.77. The Morgan fingerprint density at radius 3 is 2.75 bits per heavy atom. The predicted molar refractivity (Wildman–Crippen MR) is 61.2 cm³/mol. The summed E-state index contributed by atoms with van der Waals surface area (Å²) in [6, 6.07) is 5.12. The summed E-state index contributed by atoms with van der Waals surface area (Å²) in [4.78, 5) is 2.51. The lowest BCUT2D eigenvalue weighted by Gasteiger charge is -2.17. The molecule has 0 saturated carbocycles. The van der Waals surface area contributed by atoms with Gasteiger partial charge in [-0.15, -0.1) is 0 Å². The molecule has 16 heavy (non-hydrogen) atoms. The minimum Gasteiger partial charge on any atom is -0.390 e. The molecule has 86 valence electrons. The van der Waals surface area contributed by atoms with E-state index in [2.05, 4.69) is 10.0 Å².